The minimum atomic E-state index is -1.85. The summed E-state index contributed by atoms with van der Waals surface area (Å²) >= 11 is 0. The van der Waals surface area contributed by atoms with Gasteiger partial charge in [-0.3, -0.25) is 19.0 Å². The lowest BCUT2D eigenvalue weighted by molar-refractivity contribution is -0.239. The molecule has 18 nitrogen and oxygen atoms in total. The number of nitrogens with one attached hydrogen (secondary N) is 1. The Morgan fingerprint density at radius 1 is 1.09 bits per heavy atom. The predicted octanol–water partition coefficient (Wildman–Crippen LogP) is 1.43. The van der Waals surface area contributed by atoms with Gasteiger partial charge in [0.25, 0.3) is 11.5 Å². The standard InChI is InChI=1S/C35H42F2N4O14/c1-16(49-34(48)50-18-7-5-4-6-8-18)41-24(43)11-12-40(33(41)47)31-25(44)19(15-42)26(52-31)28(29(38)45)53-32-27-22(54-35(2,3)55-27)14-23(51-32)30(46)39-17-9-10-20(36)21(37)13-17/h9-14,16,18-19,22,25-28,31-32,42,44H,4-8,15H2,1-3H3,(H2,38,45)(H,39,46)/t16?,19-,22-,25+,26-,27-,28+,31+,32+/m0/s1. The summed E-state index contributed by atoms with van der Waals surface area (Å²) in [5, 5.41) is 24.1. The van der Waals surface area contributed by atoms with E-state index >= 15 is 0 Å². The Morgan fingerprint density at radius 3 is 2.49 bits per heavy atom. The maximum atomic E-state index is 13.8. The second-order valence-electron chi connectivity index (χ2n) is 14.0. The van der Waals surface area contributed by atoms with E-state index in [4.69, 9.17) is 38.9 Å². The molecule has 0 bridgehead atoms. The smallest absolute Gasteiger partial charge is 0.456 e. The largest absolute Gasteiger partial charge is 0.510 e. The fourth-order valence-electron chi connectivity index (χ4n) is 7.05. The molecule has 4 aliphatic rings. The highest BCUT2D eigenvalue weighted by atomic mass is 19.2. The molecule has 300 valence electrons. The summed E-state index contributed by atoms with van der Waals surface area (Å²) in [4.78, 5) is 65.3. The van der Waals surface area contributed by atoms with Crippen molar-refractivity contribution < 1.29 is 66.5 Å². The van der Waals surface area contributed by atoms with Crippen molar-refractivity contribution in [2.24, 2.45) is 11.7 Å². The van der Waals surface area contributed by atoms with Gasteiger partial charge in [0.05, 0.1) is 6.61 Å². The monoisotopic (exact) mass is 780 g/mol. The molecule has 1 unspecified atom stereocenters. The maximum absolute atomic E-state index is 13.8. The maximum Gasteiger partial charge on any atom is 0.510 e. The lowest BCUT2D eigenvalue weighted by atomic mass is 9.94. The van der Waals surface area contributed by atoms with Crippen LogP contribution in [-0.2, 0) is 42.7 Å². The minimum absolute atomic E-state index is 0.112. The number of aliphatic hydroxyl groups excluding tert-OH is 2. The average Bonchev–Trinajstić information content (AvgIpc) is 3.62. The summed E-state index contributed by atoms with van der Waals surface area (Å²) in [7, 11) is 0. The molecule has 1 aromatic carbocycles. The van der Waals surface area contributed by atoms with Gasteiger partial charge >= 0.3 is 11.8 Å². The van der Waals surface area contributed by atoms with Gasteiger partial charge in [0.15, 0.2) is 47.8 Å². The summed E-state index contributed by atoms with van der Waals surface area (Å²) in [6.07, 6.45) is -7.06. The number of aromatic nitrogens is 2. The Labute approximate surface area is 311 Å². The van der Waals surface area contributed by atoms with Gasteiger partial charge in [-0.05, 0) is 64.7 Å². The number of primary amides is 1. The Morgan fingerprint density at radius 2 is 1.82 bits per heavy atom. The van der Waals surface area contributed by atoms with Gasteiger partial charge in [0, 0.05) is 29.9 Å². The summed E-state index contributed by atoms with van der Waals surface area (Å²) < 4.78 is 68.9. The van der Waals surface area contributed by atoms with Crippen LogP contribution in [0.15, 0.2) is 51.9 Å². The number of fused-ring (bicyclic) bond motifs is 1. The van der Waals surface area contributed by atoms with Gasteiger partial charge in [-0.15, -0.1) is 0 Å². The van der Waals surface area contributed by atoms with E-state index in [1.807, 2.05) is 0 Å². The van der Waals surface area contributed by atoms with Crippen molar-refractivity contribution in [1.82, 2.24) is 9.13 Å². The number of benzene rings is 1. The lowest BCUT2D eigenvalue weighted by Gasteiger charge is -2.34. The summed E-state index contributed by atoms with van der Waals surface area (Å²) in [6, 6.07) is 3.63. The van der Waals surface area contributed by atoms with Gasteiger partial charge in [-0.25, -0.2) is 22.9 Å². The fourth-order valence-corrected chi connectivity index (χ4v) is 7.05. The average molecular weight is 781 g/mol. The molecule has 55 heavy (non-hydrogen) atoms. The number of ether oxygens (including phenoxy) is 7. The Hall–Kier alpha value is -4.73. The molecule has 4 heterocycles. The summed E-state index contributed by atoms with van der Waals surface area (Å²) in [5.74, 6) is -7.46. The van der Waals surface area contributed by atoms with Crippen LogP contribution in [0.5, 0.6) is 0 Å². The van der Waals surface area contributed by atoms with E-state index in [1.54, 1.807) is 13.8 Å². The first-order valence-electron chi connectivity index (χ1n) is 17.7. The third kappa shape index (κ3) is 8.58. The molecule has 0 spiro atoms. The number of rotatable bonds is 11. The van der Waals surface area contributed by atoms with Crippen molar-refractivity contribution in [1.29, 1.82) is 0 Å². The highest BCUT2D eigenvalue weighted by Crippen LogP contribution is 2.40. The SMILES string of the molecule is CC(OC(=O)OC1CCCCC1)n1c(=O)ccn([C@@H]2O[C@H]([C@@H](O[C@H]3OC(C(=O)Nc4ccc(F)c(F)c4)=C[C@@H]4OC(C)(C)O[C@H]34)C(N)=O)[C@@H](CO)[C@H]2O)c1=O. The van der Waals surface area contributed by atoms with Crippen LogP contribution in [0.2, 0.25) is 0 Å². The molecular weight excluding hydrogens is 738 g/mol. The number of carbonyl (C=O) groups excluding carboxylic acids is 3. The first-order chi connectivity index (χ1) is 26.1. The molecule has 2 aromatic rings. The van der Waals surface area contributed by atoms with E-state index in [-0.39, 0.29) is 11.8 Å². The first-order valence-corrected chi connectivity index (χ1v) is 17.7. The van der Waals surface area contributed by atoms with E-state index in [0.717, 1.165) is 54.3 Å². The van der Waals surface area contributed by atoms with Crippen LogP contribution in [-0.4, -0.2) is 92.6 Å². The number of hydrogen-bond acceptors (Lipinski definition) is 14. The number of amides is 2. The third-order valence-electron chi connectivity index (χ3n) is 9.67. The third-order valence-corrected chi connectivity index (χ3v) is 9.67. The Bertz CT molecular complexity index is 1930. The van der Waals surface area contributed by atoms with Gasteiger partial charge < -0.3 is 54.4 Å². The van der Waals surface area contributed by atoms with Crippen molar-refractivity contribution in [2.75, 3.05) is 11.9 Å². The molecule has 3 aliphatic heterocycles. The highest BCUT2D eigenvalue weighted by Gasteiger charge is 2.54. The second-order valence-corrected chi connectivity index (χ2v) is 14.0. The Balaban J connectivity index is 1.22. The van der Waals surface area contributed by atoms with Crippen LogP contribution in [0, 0.1) is 17.6 Å². The van der Waals surface area contributed by atoms with Crippen molar-refractivity contribution in [3.05, 3.63) is 74.8 Å². The van der Waals surface area contributed by atoms with Crippen LogP contribution in [0.4, 0.5) is 19.3 Å². The lowest BCUT2D eigenvalue weighted by Crippen LogP contribution is -2.52. The molecule has 20 heteroatoms. The van der Waals surface area contributed by atoms with E-state index < -0.39 is 114 Å². The fraction of sp³-hybridized carbons (Fsp3) is 0.571. The second kappa shape index (κ2) is 16.2. The first kappa shape index (κ1) is 39.9. The Kier molecular flexibility index (Phi) is 11.7. The summed E-state index contributed by atoms with van der Waals surface area (Å²) in [6.45, 7) is 3.58. The molecule has 1 saturated carbocycles. The molecule has 5 N–H and O–H groups in total. The zero-order valence-electron chi connectivity index (χ0n) is 30.0. The molecule has 6 rings (SSSR count). The van der Waals surface area contributed by atoms with Crippen molar-refractivity contribution in [3.8, 4) is 0 Å². The summed E-state index contributed by atoms with van der Waals surface area (Å²) in [5.41, 5.74) is 3.70. The van der Waals surface area contributed by atoms with Crippen LogP contribution >= 0.6 is 0 Å². The van der Waals surface area contributed by atoms with Crippen LogP contribution < -0.4 is 22.3 Å². The van der Waals surface area contributed by atoms with Gasteiger partial charge in [0.2, 0.25) is 12.2 Å². The molecule has 0 radical (unpaired) electrons. The quantitative estimate of drug-likeness (QED) is 0.236. The highest BCUT2D eigenvalue weighted by molar-refractivity contribution is 6.02. The predicted molar refractivity (Wildman–Crippen MR) is 180 cm³/mol. The zero-order valence-corrected chi connectivity index (χ0v) is 30.0. The van der Waals surface area contributed by atoms with Crippen molar-refractivity contribution >= 4 is 23.7 Å². The number of hydrogen-bond donors (Lipinski definition) is 4. The molecule has 2 saturated heterocycles. The molecule has 2 amide bonds. The van der Waals surface area contributed by atoms with E-state index in [9.17, 15) is 43.0 Å². The van der Waals surface area contributed by atoms with Crippen LogP contribution in [0.3, 0.4) is 0 Å². The van der Waals surface area contributed by atoms with Crippen LogP contribution in [0.25, 0.3) is 0 Å². The van der Waals surface area contributed by atoms with Gasteiger partial charge in [0.1, 0.15) is 24.4 Å². The topological polar surface area (TPSA) is 238 Å². The molecule has 1 aliphatic carbocycles. The number of carbonyl (C=O) groups is 3. The number of anilines is 1. The normalized spacial score (nSPS) is 28.6. The van der Waals surface area contributed by atoms with Crippen LogP contribution in [0.1, 0.15) is 65.3 Å². The minimum Gasteiger partial charge on any atom is -0.456 e. The number of aliphatic hydroxyl groups is 2. The molecular formula is C35H42F2N4O14. The van der Waals surface area contributed by atoms with Crippen molar-refractivity contribution in [2.45, 2.75) is 114 Å². The molecule has 3 fully saturated rings. The van der Waals surface area contributed by atoms with Gasteiger partial charge in [-0.2, -0.15) is 0 Å². The van der Waals surface area contributed by atoms with E-state index in [2.05, 4.69) is 5.32 Å². The van der Waals surface area contributed by atoms with E-state index in [1.165, 1.54) is 13.0 Å². The van der Waals surface area contributed by atoms with Gasteiger partial charge in [-0.1, -0.05) is 6.42 Å². The van der Waals surface area contributed by atoms with E-state index in [0.29, 0.717) is 17.4 Å². The number of halogens is 2. The number of nitrogens with zero attached hydrogens (tertiary/aromatic N) is 2. The number of nitrogens with two attached hydrogens (primary N) is 1. The zero-order chi connectivity index (χ0) is 39.8. The van der Waals surface area contributed by atoms with Crippen molar-refractivity contribution in [3.63, 3.8) is 0 Å². The molecule has 9 atom stereocenters. The molecule has 1 aromatic heterocycles.